The molecule has 2 rings (SSSR count). The molecule has 0 aliphatic rings. The Hall–Kier alpha value is -1.91. The maximum absolute atomic E-state index is 10.9. The second-order valence-electron chi connectivity index (χ2n) is 3.67. The minimum atomic E-state index is -0.511. The highest BCUT2D eigenvalue weighted by Gasteiger charge is 2.17. The van der Waals surface area contributed by atoms with Crippen LogP contribution in [0.1, 0.15) is 5.56 Å². The number of hydrogen-bond acceptors (Lipinski definition) is 4. The molecule has 0 aliphatic carbocycles. The predicted octanol–water partition coefficient (Wildman–Crippen LogP) is 4.78. The molecule has 0 heterocycles. The largest absolute Gasteiger partial charge is 0.454 e. The Balaban J connectivity index is 2.47. The van der Waals surface area contributed by atoms with Crippen LogP contribution in [-0.4, -0.2) is 4.92 Å². The third kappa shape index (κ3) is 2.81. The van der Waals surface area contributed by atoms with Gasteiger partial charge < -0.3 is 4.74 Å². The van der Waals surface area contributed by atoms with Gasteiger partial charge in [0, 0.05) is 10.5 Å². The molecule has 0 atom stereocenters. The minimum absolute atomic E-state index is 0.101. The first-order valence-corrected chi connectivity index (χ1v) is 6.92. The van der Waals surface area contributed by atoms with Gasteiger partial charge in [-0.1, -0.05) is 12.1 Å². The molecular weight excluding hydrogens is 392 g/mol. The fraction of sp³-hybridized carbons (Fsp3) is 0. The van der Waals surface area contributed by atoms with E-state index in [-0.39, 0.29) is 15.9 Å². The summed E-state index contributed by atoms with van der Waals surface area (Å²) in [5.41, 5.74) is 0.224. The number of nitriles is 1. The van der Waals surface area contributed by atoms with Crippen molar-refractivity contribution in [3.63, 3.8) is 0 Å². The standard InChI is InChI=1S/C13H6Br2N2O3/c14-9-3-1-5-11(8(9)7-16)20-12-6-2-4-10(13(12)15)17(18)19/h1-6H. The molecule has 0 aliphatic heterocycles. The van der Waals surface area contributed by atoms with Gasteiger partial charge in [-0.3, -0.25) is 10.1 Å². The highest BCUT2D eigenvalue weighted by Crippen LogP contribution is 2.38. The van der Waals surface area contributed by atoms with Crippen LogP contribution in [0.3, 0.4) is 0 Å². The van der Waals surface area contributed by atoms with Gasteiger partial charge in [0.1, 0.15) is 27.6 Å². The minimum Gasteiger partial charge on any atom is -0.454 e. The summed E-state index contributed by atoms with van der Waals surface area (Å²) in [5.74, 6) is 0.594. The van der Waals surface area contributed by atoms with Crippen molar-refractivity contribution in [2.75, 3.05) is 0 Å². The average Bonchev–Trinajstić information content (AvgIpc) is 2.41. The fourth-order valence-corrected chi connectivity index (χ4v) is 2.46. The Morgan fingerprint density at radius 3 is 2.45 bits per heavy atom. The third-order valence-corrected chi connectivity index (χ3v) is 3.90. The van der Waals surface area contributed by atoms with Crippen LogP contribution in [0.4, 0.5) is 5.69 Å². The lowest BCUT2D eigenvalue weighted by molar-refractivity contribution is -0.385. The van der Waals surface area contributed by atoms with Gasteiger partial charge in [0.05, 0.1) is 4.92 Å². The molecule has 0 unspecified atom stereocenters. The molecule has 0 bridgehead atoms. The Morgan fingerprint density at radius 1 is 1.15 bits per heavy atom. The van der Waals surface area contributed by atoms with E-state index in [9.17, 15) is 10.1 Å². The van der Waals surface area contributed by atoms with Gasteiger partial charge >= 0.3 is 0 Å². The normalized spacial score (nSPS) is 9.85. The SMILES string of the molecule is N#Cc1c(Br)cccc1Oc1cccc([N+](=O)[O-])c1Br. The van der Waals surface area contributed by atoms with Crippen LogP contribution in [0, 0.1) is 21.4 Å². The molecule has 0 amide bonds. The zero-order valence-electron chi connectivity index (χ0n) is 9.84. The van der Waals surface area contributed by atoms with Crippen molar-refractivity contribution in [1.29, 1.82) is 5.26 Å². The number of halogens is 2. The van der Waals surface area contributed by atoms with Crippen molar-refractivity contribution >= 4 is 37.5 Å². The van der Waals surface area contributed by atoms with Gasteiger partial charge in [0.15, 0.2) is 0 Å². The molecule has 100 valence electrons. The van der Waals surface area contributed by atoms with E-state index < -0.39 is 4.92 Å². The fourth-order valence-electron chi connectivity index (χ4n) is 1.54. The lowest BCUT2D eigenvalue weighted by Gasteiger charge is -2.09. The van der Waals surface area contributed by atoms with E-state index in [0.29, 0.717) is 15.8 Å². The molecule has 0 saturated heterocycles. The molecule has 0 N–H and O–H groups in total. The van der Waals surface area contributed by atoms with E-state index in [1.165, 1.54) is 12.1 Å². The van der Waals surface area contributed by atoms with Crippen LogP contribution in [0.2, 0.25) is 0 Å². The Kier molecular flexibility index (Phi) is 4.37. The van der Waals surface area contributed by atoms with Crippen molar-refractivity contribution in [3.05, 3.63) is 61.0 Å². The number of nitro benzene ring substituents is 1. The first kappa shape index (κ1) is 14.5. The van der Waals surface area contributed by atoms with Gasteiger partial charge in [-0.2, -0.15) is 5.26 Å². The summed E-state index contributed by atoms with van der Waals surface area (Å²) in [6.45, 7) is 0. The van der Waals surface area contributed by atoms with Crippen LogP contribution in [0.25, 0.3) is 0 Å². The van der Waals surface area contributed by atoms with Crippen LogP contribution in [0.15, 0.2) is 45.3 Å². The number of benzene rings is 2. The Labute approximate surface area is 131 Å². The number of hydrogen-bond donors (Lipinski definition) is 0. The number of rotatable bonds is 3. The van der Waals surface area contributed by atoms with E-state index in [0.717, 1.165) is 0 Å². The molecule has 0 aromatic heterocycles. The Morgan fingerprint density at radius 2 is 1.80 bits per heavy atom. The molecule has 0 saturated carbocycles. The molecule has 0 spiro atoms. The van der Waals surface area contributed by atoms with Crippen molar-refractivity contribution in [3.8, 4) is 17.6 Å². The maximum Gasteiger partial charge on any atom is 0.287 e. The zero-order valence-corrected chi connectivity index (χ0v) is 13.0. The van der Waals surface area contributed by atoms with Crippen molar-refractivity contribution in [1.82, 2.24) is 0 Å². The molecule has 7 heteroatoms. The molecule has 0 radical (unpaired) electrons. The summed E-state index contributed by atoms with van der Waals surface area (Å²) in [5, 5.41) is 20.0. The summed E-state index contributed by atoms with van der Waals surface area (Å²) in [4.78, 5) is 10.4. The van der Waals surface area contributed by atoms with Gasteiger partial charge in [0.2, 0.25) is 0 Å². The van der Waals surface area contributed by atoms with Crippen molar-refractivity contribution in [2.45, 2.75) is 0 Å². The lowest BCUT2D eigenvalue weighted by Crippen LogP contribution is -1.94. The first-order chi connectivity index (χ1) is 9.54. The van der Waals surface area contributed by atoms with E-state index >= 15 is 0 Å². The molecule has 2 aromatic carbocycles. The van der Waals surface area contributed by atoms with Gasteiger partial charge in [-0.05, 0) is 50.1 Å². The van der Waals surface area contributed by atoms with Crippen molar-refractivity contribution in [2.24, 2.45) is 0 Å². The molecular formula is C13H6Br2N2O3. The van der Waals surface area contributed by atoms with Gasteiger partial charge in [-0.25, -0.2) is 0 Å². The van der Waals surface area contributed by atoms with Gasteiger partial charge in [0.25, 0.3) is 5.69 Å². The average molecular weight is 398 g/mol. The molecule has 0 fully saturated rings. The topological polar surface area (TPSA) is 76.2 Å². The quantitative estimate of drug-likeness (QED) is 0.551. The second kappa shape index (κ2) is 6.03. The molecule has 20 heavy (non-hydrogen) atoms. The third-order valence-electron chi connectivity index (χ3n) is 2.45. The van der Waals surface area contributed by atoms with Crippen LogP contribution in [0.5, 0.6) is 11.5 Å². The molecule has 5 nitrogen and oxygen atoms in total. The number of nitro groups is 1. The van der Waals surface area contributed by atoms with E-state index in [1.54, 1.807) is 24.3 Å². The van der Waals surface area contributed by atoms with Crippen LogP contribution >= 0.6 is 31.9 Å². The smallest absolute Gasteiger partial charge is 0.287 e. The number of ether oxygens (including phenoxy) is 1. The van der Waals surface area contributed by atoms with Crippen LogP contribution in [-0.2, 0) is 0 Å². The van der Waals surface area contributed by atoms with E-state index in [1.807, 2.05) is 6.07 Å². The highest BCUT2D eigenvalue weighted by atomic mass is 79.9. The maximum atomic E-state index is 10.9. The first-order valence-electron chi connectivity index (χ1n) is 5.34. The van der Waals surface area contributed by atoms with E-state index in [4.69, 9.17) is 10.00 Å². The summed E-state index contributed by atoms with van der Waals surface area (Å²) >= 11 is 6.40. The summed E-state index contributed by atoms with van der Waals surface area (Å²) in [6.07, 6.45) is 0. The van der Waals surface area contributed by atoms with E-state index in [2.05, 4.69) is 31.9 Å². The monoisotopic (exact) mass is 396 g/mol. The summed E-state index contributed by atoms with van der Waals surface area (Å²) in [6, 6.07) is 11.5. The highest BCUT2D eigenvalue weighted by molar-refractivity contribution is 9.11. The molecule has 2 aromatic rings. The summed E-state index contributed by atoms with van der Waals surface area (Å²) in [7, 11) is 0. The Bertz CT molecular complexity index is 726. The second-order valence-corrected chi connectivity index (χ2v) is 5.32. The predicted molar refractivity (Wildman–Crippen MR) is 79.7 cm³/mol. The lowest BCUT2D eigenvalue weighted by atomic mass is 10.2. The van der Waals surface area contributed by atoms with Crippen LogP contribution < -0.4 is 4.74 Å². The van der Waals surface area contributed by atoms with Crippen molar-refractivity contribution < 1.29 is 9.66 Å². The zero-order chi connectivity index (χ0) is 14.7. The summed E-state index contributed by atoms with van der Waals surface area (Å²) < 4.78 is 6.43. The van der Waals surface area contributed by atoms with Gasteiger partial charge in [-0.15, -0.1) is 0 Å². The number of nitrogens with zero attached hydrogens (tertiary/aromatic N) is 2.